The number of carbonyl (C=O) groups excluding carboxylic acids is 2. The number of piperidine rings is 1. The molecule has 1 unspecified atom stereocenters. The van der Waals surface area contributed by atoms with Crippen molar-refractivity contribution >= 4 is 23.0 Å². The maximum atomic E-state index is 13.6. The highest BCUT2D eigenvalue weighted by molar-refractivity contribution is 5.98. The first-order chi connectivity index (χ1) is 14.9. The Bertz CT molecular complexity index is 1120. The Morgan fingerprint density at radius 3 is 2.74 bits per heavy atom. The van der Waals surface area contributed by atoms with Crippen LogP contribution in [0.1, 0.15) is 52.7 Å². The molecular weight excluding hydrogens is 392 g/mol. The summed E-state index contributed by atoms with van der Waals surface area (Å²) in [5.74, 6) is 0.280. The van der Waals surface area contributed by atoms with E-state index in [1.165, 1.54) is 16.7 Å². The molecule has 0 spiro atoms. The summed E-state index contributed by atoms with van der Waals surface area (Å²) in [7, 11) is 0. The van der Waals surface area contributed by atoms with E-state index in [2.05, 4.69) is 32.0 Å². The normalized spacial score (nSPS) is 16.6. The fourth-order valence-electron chi connectivity index (χ4n) is 4.43. The number of amides is 1. The Morgan fingerprint density at radius 1 is 1.16 bits per heavy atom. The van der Waals surface area contributed by atoms with Gasteiger partial charge in [0, 0.05) is 31.8 Å². The number of carbonyl (C=O) groups is 2. The first kappa shape index (κ1) is 21.2. The van der Waals surface area contributed by atoms with Crippen LogP contribution in [0.15, 0.2) is 34.7 Å². The second-order valence-corrected chi connectivity index (χ2v) is 8.49. The summed E-state index contributed by atoms with van der Waals surface area (Å²) in [4.78, 5) is 27.6. The van der Waals surface area contributed by atoms with E-state index in [-0.39, 0.29) is 17.8 Å². The van der Waals surface area contributed by atoms with Crippen LogP contribution in [-0.2, 0) is 16.1 Å². The molecule has 0 N–H and O–H groups in total. The molecule has 0 saturated carbocycles. The molecule has 1 amide bonds. The molecule has 1 aliphatic heterocycles. The Morgan fingerprint density at radius 2 is 1.97 bits per heavy atom. The van der Waals surface area contributed by atoms with Gasteiger partial charge in [-0.3, -0.25) is 9.59 Å². The van der Waals surface area contributed by atoms with Crippen LogP contribution in [0.2, 0.25) is 0 Å². The predicted molar refractivity (Wildman–Crippen MR) is 119 cm³/mol. The Kier molecular flexibility index (Phi) is 5.90. The lowest BCUT2D eigenvalue weighted by Crippen LogP contribution is -2.43. The predicted octanol–water partition coefficient (Wildman–Crippen LogP) is 4.62. The van der Waals surface area contributed by atoms with Gasteiger partial charge >= 0.3 is 5.97 Å². The third-order valence-corrected chi connectivity index (χ3v) is 6.09. The average Bonchev–Trinajstić information content (AvgIpc) is 3.27. The van der Waals surface area contributed by atoms with Crippen molar-refractivity contribution in [2.75, 3.05) is 19.7 Å². The first-order valence-electron chi connectivity index (χ1n) is 11.0. The summed E-state index contributed by atoms with van der Waals surface area (Å²) in [6, 6.07) is 10.2. The van der Waals surface area contributed by atoms with E-state index in [1.807, 2.05) is 23.6 Å². The molecule has 6 heteroatoms. The molecule has 164 valence electrons. The van der Waals surface area contributed by atoms with Crippen molar-refractivity contribution in [1.82, 2.24) is 9.47 Å². The summed E-state index contributed by atoms with van der Waals surface area (Å²) in [5, 5.41) is 0. The summed E-state index contributed by atoms with van der Waals surface area (Å²) in [6.07, 6.45) is 1.55. The molecule has 0 aliphatic carbocycles. The van der Waals surface area contributed by atoms with Crippen LogP contribution < -0.4 is 0 Å². The van der Waals surface area contributed by atoms with E-state index in [9.17, 15) is 9.59 Å². The van der Waals surface area contributed by atoms with Gasteiger partial charge in [0.05, 0.1) is 18.0 Å². The molecule has 31 heavy (non-hydrogen) atoms. The quantitative estimate of drug-likeness (QED) is 0.563. The molecule has 1 aromatic carbocycles. The van der Waals surface area contributed by atoms with Crippen molar-refractivity contribution in [3.63, 3.8) is 0 Å². The largest absolute Gasteiger partial charge is 0.466 e. The second-order valence-electron chi connectivity index (χ2n) is 8.49. The third-order valence-electron chi connectivity index (χ3n) is 6.09. The van der Waals surface area contributed by atoms with Gasteiger partial charge in [0.1, 0.15) is 11.5 Å². The standard InChI is InChI=1S/C25H30N2O4/c1-5-30-25(29)19-7-6-10-26(14-19)24(28)22-13-23-21(12-18(4)31-23)27(22)15-20-11-16(2)8-9-17(20)3/h8-9,11-13,19H,5-7,10,14-15H2,1-4H3. The number of nitrogens with zero attached hydrogens (tertiary/aromatic N) is 2. The van der Waals surface area contributed by atoms with E-state index < -0.39 is 0 Å². The van der Waals surface area contributed by atoms with E-state index in [1.54, 1.807) is 11.8 Å². The van der Waals surface area contributed by atoms with Crippen LogP contribution in [0.3, 0.4) is 0 Å². The second kappa shape index (κ2) is 8.61. The van der Waals surface area contributed by atoms with Gasteiger partial charge in [-0.25, -0.2) is 0 Å². The zero-order valence-corrected chi connectivity index (χ0v) is 18.7. The number of ether oxygens (including phenoxy) is 1. The number of furan rings is 1. The number of hydrogen-bond acceptors (Lipinski definition) is 4. The maximum Gasteiger partial charge on any atom is 0.310 e. The summed E-state index contributed by atoms with van der Waals surface area (Å²) >= 11 is 0. The fraction of sp³-hybridized carbons (Fsp3) is 0.440. The highest BCUT2D eigenvalue weighted by Crippen LogP contribution is 2.28. The molecule has 0 radical (unpaired) electrons. The topological polar surface area (TPSA) is 64.7 Å². The molecule has 6 nitrogen and oxygen atoms in total. The van der Waals surface area contributed by atoms with E-state index >= 15 is 0 Å². The molecule has 1 aliphatic rings. The highest BCUT2D eigenvalue weighted by atomic mass is 16.5. The van der Waals surface area contributed by atoms with Gasteiger partial charge in [0.2, 0.25) is 0 Å². The van der Waals surface area contributed by atoms with Gasteiger partial charge in [0.25, 0.3) is 5.91 Å². The average molecular weight is 423 g/mol. The smallest absolute Gasteiger partial charge is 0.310 e. The van der Waals surface area contributed by atoms with Crippen LogP contribution in [0.25, 0.3) is 11.1 Å². The van der Waals surface area contributed by atoms with E-state index in [4.69, 9.17) is 9.15 Å². The van der Waals surface area contributed by atoms with Gasteiger partial charge in [-0.05, 0) is 51.7 Å². The molecule has 0 bridgehead atoms. The molecule has 3 heterocycles. The van der Waals surface area contributed by atoms with Gasteiger partial charge in [0.15, 0.2) is 5.58 Å². The van der Waals surface area contributed by atoms with Crippen LogP contribution >= 0.6 is 0 Å². The zero-order valence-electron chi connectivity index (χ0n) is 18.7. The third kappa shape index (κ3) is 4.24. The van der Waals surface area contributed by atoms with Gasteiger partial charge in [-0.1, -0.05) is 23.8 Å². The van der Waals surface area contributed by atoms with Crippen LogP contribution in [0, 0.1) is 26.7 Å². The van der Waals surface area contributed by atoms with Crippen LogP contribution in [0.4, 0.5) is 0 Å². The number of esters is 1. The number of rotatable bonds is 5. The fourth-order valence-corrected chi connectivity index (χ4v) is 4.43. The minimum atomic E-state index is -0.259. The van der Waals surface area contributed by atoms with Crippen molar-refractivity contribution < 1.29 is 18.7 Å². The van der Waals surface area contributed by atoms with Gasteiger partial charge in [-0.15, -0.1) is 0 Å². The molecular formula is C25H30N2O4. The minimum Gasteiger partial charge on any atom is -0.466 e. The van der Waals surface area contributed by atoms with Crippen molar-refractivity contribution in [3.8, 4) is 0 Å². The lowest BCUT2D eigenvalue weighted by molar-refractivity contribution is -0.149. The molecule has 1 saturated heterocycles. The Balaban J connectivity index is 1.68. The summed E-state index contributed by atoms with van der Waals surface area (Å²) < 4.78 is 13.1. The molecule has 2 aromatic heterocycles. The van der Waals surface area contributed by atoms with Crippen molar-refractivity contribution in [1.29, 1.82) is 0 Å². The maximum absolute atomic E-state index is 13.6. The molecule has 1 atom stereocenters. The van der Waals surface area contributed by atoms with Crippen LogP contribution in [0.5, 0.6) is 0 Å². The number of fused-ring (bicyclic) bond motifs is 1. The Labute approximate surface area is 182 Å². The van der Waals surface area contributed by atoms with Gasteiger partial charge < -0.3 is 18.6 Å². The number of aromatic nitrogens is 1. The summed E-state index contributed by atoms with van der Waals surface area (Å²) in [6.45, 7) is 9.87. The van der Waals surface area contributed by atoms with E-state index in [0.717, 1.165) is 24.1 Å². The highest BCUT2D eigenvalue weighted by Gasteiger charge is 2.31. The monoisotopic (exact) mass is 422 g/mol. The number of benzene rings is 1. The molecule has 3 aromatic rings. The van der Waals surface area contributed by atoms with Crippen molar-refractivity contribution in [2.45, 2.75) is 47.1 Å². The van der Waals surface area contributed by atoms with Crippen molar-refractivity contribution in [3.05, 3.63) is 58.5 Å². The number of aryl methyl sites for hydroxylation is 3. The number of hydrogen-bond donors (Lipinski definition) is 0. The summed E-state index contributed by atoms with van der Waals surface area (Å²) in [5.41, 5.74) is 5.78. The lowest BCUT2D eigenvalue weighted by Gasteiger charge is -2.31. The van der Waals surface area contributed by atoms with Gasteiger partial charge in [-0.2, -0.15) is 0 Å². The Hall–Kier alpha value is -3.02. The molecule has 4 rings (SSSR count). The SMILES string of the molecule is CCOC(=O)C1CCCN(C(=O)c2cc3oc(C)cc3n2Cc2cc(C)ccc2C)C1. The first-order valence-corrected chi connectivity index (χ1v) is 11.0. The number of likely N-dealkylation sites (tertiary alicyclic amines) is 1. The lowest BCUT2D eigenvalue weighted by atomic mass is 9.98. The molecule has 1 fully saturated rings. The van der Waals surface area contributed by atoms with Crippen molar-refractivity contribution in [2.24, 2.45) is 5.92 Å². The minimum absolute atomic E-state index is 0.0663. The zero-order chi connectivity index (χ0) is 22.1. The van der Waals surface area contributed by atoms with E-state index in [0.29, 0.717) is 37.5 Å². The van der Waals surface area contributed by atoms with Crippen LogP contribution in [-0.4, -0.2) is 41.0 Å².